The number of nitrogens with zero attached hydrogens (tertiary/aromatic N) is 2. The Labute approximate surface area is 377 Å². The molecule has 1 aromatic heterocycles. The molecule has 13 nitrogen and oxygen atoms in total. The number of carbonyl (C=O) groups is 6. The van der Waals surface area contributed by atoms with Crippen LogP contribution in [0.4, 0.5) is 4.79 Å². The molecule has 0 saturated heterocycles. The lowest BCUT2D eigenvalue weighted by atomic mass is 9.71. The quantitative estimate of drug-likeness (QED) is 0.0566. The number of Topliss-reactive ketones (excluding diaryl/α,β-unsaturated/α-hetero) is 1. The minimum atomic E-state index is -1.45. The maximum Gasteiger partial charge on any atom is 0.508 e. The number of benzene rings is 2. The Bertz CT molecular complexity index is 2230. The molecule has 0 radical (unpaired) electrons. The number of unbranched alkanes of at least 4 members (excludes halogenated alkanes) is 2. The fourth-order valence-corrected chi connectivity index (χ4v) is 8.81. The highest BCUT2D eigenvalue weighted by Gasteiger charge is 2.45. The summed E-state index contributed by atoms with van der Waals surface area (Å²) < 4.78 is 24.0. The number of rotatable bonds is 13. The third-order valence-electron chi connectivity index (χ3n) is 11.6. The van der Waals surface area contributed by atoms with Crippen LogP contribution in [0.2, 0.25) is 5.02 Å². The van der Waals surface area contributed by atoms with Crippen molar-refractivity contribution >= 4 is 68.8 Å². The van der Waals surface area contributed by atoms with Gasteiger partial charge in [-0.15, -0.1) is 17.9 Å². The van der Waals surface area contributed by atoms with Crippen LogP contribution >= 0.6 is 22.9 Å². The number of aliphatic hydroxyl groups excluding tert-OH is 1. The van der Waals surface area contributed by atoms with Gasteiger partial charge >= 0.3 is 18.1 Å². The van der Waals surface area contributed by atoms with Gasteiger partial charge in [-0.1, -0.05) is 68.7 Å². The fourth-order valence-electron chi connectivity index (χ4n) is 7.76. The van der Waals surface area contributed by atoms with Gasteiger partial charge in [-0.3, -0.25) is 28.9 Å². The van der Waals surface area contributed by atoms with Crippen LogP contribution in [-0.2, 0) is 44.8 Å². The van der Waals surface area contributed by atoms with E-state index >= 15 is 0 Å². The second-order valence-corrected chi connectivity index (χ2v) is 18.5. The van der Waals surface area contributed by atoms with Crippen LogP contribution in [0.1, 0.15) is 114 Å². The molecule has 0 saturated carbocycles. The van der Waals surface area contributed by atoms with Crippen LogP contribution in [0.3, 0.4) is 0 Å². The minimum Gasteiger partial charge on any atom is -0.457 e. The molecule has 2 amide bonds. The molecule has 5 rings (SSSR count). The lowest BCUT2D eigenvalue weighted by Gasteiger charge is -2.37. The number of aryl methyl sites for hydroxylation is 1. The smallest absolute Gasteiger partial charge is 0.457 e. The van der Waals surface area contributed by atoms with Gasteiger partial charge in [-0.2, -0.15) is 0 Å². The Morgan fingerprint density at radius 2 is 1.81 bits per heavy atom. The van der Waals surface area contributed by atoms with E-state index in [1.807, 2.05) is 39.0 Å². The molecule has 0 bridgehead atoms. The van der Waals surface area contributed by atoms with Gasteiger partial charge in [0.25, 0.3) is 11.8 Å². The number of allylic oxidation sites excluding steroid dienone is 2. The average Bonchev–Trinajstić information content (AvgIpc) is 3.78. The Morgan fingerprint density at radius 3 is 2.52 bits per heavy atom. The Morgan fingerprint density at radius 1 is 1.06 bits per heavy atom. The highest BCUT2D eigenvalue weighted by atomic mass is 35.5. The van der Waals surface area contributed by atoms with Crippen molar-refractivity contribution in [3.05, 3.63) is 94.0 Å². The average molecular weight is 906 g/mol. The predicted octanol–water partition coefficient (Wildman–Crippen LogP) is 9.65. The SMILES string of the molecule is C=CC[C@H]1C(=O)C(C)(C)[C@@H](O)CC(=O)O[C@H](c2ccc3sc(C)nc3c2)C/C=C(/C)CCC[C@H](C)[C@@H]1OC(=O)OCc1ccc(OC(=O)CCCCCN2C(=O)C=CC2=O)c(Cl)c1. The van der Waals surface area contributed by atoms with Gasteiger partial charge in [-0.25, -0.2) is 9.78 Å². The number of ketones is 1. The predicted molar refractivity (Wildman–Crippen MR) is 239 cm³/mol. The summed E-state index contributed by atoms with van der Waals surface area (Å²) >= 11 is 8.02. The number of thiazole rings is 1. The number of amides is 2. The summed E-state index contributed by atoms with van der Waals surface area (Å²) in [5, 5.41) is 12.5. The molecular weight excluding hydrogens is 848 g/mol. The molecule has 3 aromatic rings. The van der Waals surface area contributed by atoms with Crippen LogP contribution in [0.15, 0.2) is 72.9 Å². The van der Waals surface area contributed by atoms with Crippen molar-refractivity contribution < 1.29 is 52.8 Å². The van der Waals surface area contributed by atoms with Crippen LogP contribution in [0, 0.1) is 24.2 Å². The molecule has 15 heteroatoms. The van der Waals surface area contributed by atoms with Crippen LogP contribution in [-0.4, -0.2) is 69.4 Å². The molecule has 0 aliphatic carbocycles. The van der Waals surface area contributed by atoms with E-state index in [0.29, 0.717) is 50.5 Å². The summed E-state index contributed by atoms with van der Waals surface area (Å²) in [6.07, 6.45) is 5.96. The van der Waals surface area contributed by atoms with Crippen molar-refractivity contribution in [3.8, 4) is 5.75 Å². The lowest BCUT2D eigenvalue weighted by molar-refractivity contribution is -0.156. The van der Waals surface area contributed by atoms with E-state index < -0.39 is 59.9 Å². The number of hydrogen-bond donors (Lipinski definition) is 1. The number of hydrogen-bond acceptors (Lipinski definition) is 13. The van der Waals surface area contributed by atoms with Gasteiger partial charge in [0.15, 0.2) is 0 Å². The molecule has 0 spiro atoms. The third-order valence-corrected chi connectivity index (χ3v) is 12.8. The molecule has 0 unspecified atom stereocenters. The van der Waals surface area contributed by atoms with Crippen molar-refractivity contribution in [1.82, 2.24) is 9.88 Å². The number of halogens is 1. The van der Waals surface area contributed by atoms with Gasteiger partial charge in [0.1, 0.15) is 30.3 Å². The zero-order valence-corrected chi connectivity index (χ0v) is 38.1. The summed E-state index contributed by atoms with van der Waals surface area (Å²) in [7, 11) is 0. The normalized spacial score (nSPS) is 23.3. The van der Waals surface area contributed by atoms with Gasteiger partial charge in [0.2, 0.25) is 0 Å². The van der Waals surface area contributed by atoms with Crippen molar-refractivity contribution in [2.45, 2.75) is 124 Å². The fraction of sp³-hybridized carbons (Fsp3) is 0.479. The van der Waals surface area contributed by atoms with Crippen LogP contribution in [0.5, 0.6) is 5.75 Å². The van der Waals surface area contributed by atoms with E-state index in [2.05, 4.69) is 17.6 Å². The molecular formula is C48H57ClN2O11S. The largest absolute Gasteiger partial charge is 0.508 e. The Hall–Kier alpha value is -5.18. The summed E-state index contributed by atoms with van der Waals surface area (Å²) in [4.78, 5) is 83.0. The summed E-state index contributed by atoms with van der Waals surface area (Å²) in [5.41, 5.74) is 1.73. The monoisotopic (exact) mass is 904 g/mol. The number of imide groups is 1. The number of fused-ring (bicyclic) bond motifs is 1. The summed E-state index contributed by atoms with van der Waals surface area (Å²) in [6.45, 7) is 12.9. The second kappa shape index (κ2) is 22.4. The zero-order chi connectivity index (χ0) is 45.8. The second-order valence-electron chi connectivity index (χ2n) is 16.9. The van der Waals surface area contributed by atoms with Gasteiger partial charge in [0, 0.05) is 31.5 Å². The summed E-state index contributed by atoms with van der Waals surface area (Å²) in [5.74, 6) is -3.35. The molecule has 2 aliphatic heterocycles. The maximum absolute atomic E-state index is 14.5. The number of aliphatic hydroxyl groups is 1. The number of esters is 2. The van der Waals surface area contributed by atoms with E-state index in [4.69, 9.17) is 30.5 Å². The van der Waals surface area contributed by atoms with Crippen molar-refractivity contribution in [1.29, 1.82) is 0 Å². The maximum atomic E-state index is 14.5. The van der Waals surface area contributed by atoms with Crippen molar-refractivity contribution in [2.24, 2.45) is 17.3 Å². The third kappa shape index (κ3) is 13.4. The van der Waals surface area contributed by atoms with Gasteiger partial charge in [-0.05, 0) is 93.7 Å². The first-order valence-electron chi connectivity index (χ1n) is 21.4. The van der Waals surface area contributed by atoms with E-state index in [-0.39, 0.29) is 54.5 Å². The van der Waals surface area contributed by atoms with E-state index in [0.717, 1.165) is 31.3 Å². The topological polar surface area (TPSA) is 176 Å². The van der Waals surface area contributed by atoms with E-state index in [1.165, 1.54) is 24.3 Å². The number of carbonyl (C=O) groups excluding carboxylic acids is 6. The molecule has 2 aromatic carbocycles. The zero-order valence-electron chi connectivity index (χ0n) is 36.6. The van der Waals surface area contributed by atoms with Gasteiger partial charge < -0.3 is 24.1 Å². The van der Waals surface area contributed by atoms with Crippen LogP contribution in [0.25, 0.3) is 10.2 Å². The van der Waals surface area contributed by atoms with Crippen molar-refractivity contribution in [3.63, 3.8) is 0 Å². The Kier molecular flexibility index (Phi) is 17.4. The number of ether oxygens (including phenoxy) is 4. The lowest BCUT2D eigenvalue weighted by Crippen LogP contribution is -2.47. The first-order valence-corrected chi connectivity index (χ1v) is 22.6. The number of aromatic nitrogens is 1. The highest BCUT2D eigenvalue weighted by molar-refractivity contribution is 7.18. The summed E-state index contributed by atoms with van der Waals surface area (Å²) in [6, 6.07) is 10.4. The van der Waals surface area contributed by atoms with Gasteiger partial charge in [0.05, 0.1) is 44.1 Å². The Balaban J connectivity index is 1.22. The first-order chi connectivity index (χ1) is 30.0. The molecule has 5 atom stereocenters. The van der Waals surface area contributed by atoms with Crippen LogP contribution < -0.4 is 4.74 Å². The molecule has 63 heavy (non-hydrogen) atoms. The van der Waals surface area contributed by atoms with Crippen molar-refractivity contribution in [2.75, 3.05) is 6.54 Å². The minimum absolute atomic E-state index is 0.104. The molecule has 0 fully saturated rings. The van der Waals surface area contributed by atoms with E-state index in [9.17, 15) is 33.9 Å². The molecule has 2 aliphatic rings. The van der Waals surface area contributed by atoms with E-state index in [1.54, 1.807) is 37.3 Å². The standard InChI is InChI=1S/C48H57ClN2O11S/c1-7-12-34-45(62-47(58)59-28-32-17-20-38(35(49)25-32)61-43(55)15-9-8-10-24-51-41(53)22-23-42(51)54)30(3)14-11-13-29(2)16-19-37(33-18-21-39-36(26-33)50-31(4)63-39)60-44(56)27-40(52)48(5,6)46(34)57/h7,16-18,20-23,25-26,30,34,37,40,45,52H,1,8-15,19,24,27-28H2,2-6H3/b29-16-/t30-,34+,37-,40-,45-/m0/s1. The highest BCUT2D eigenvalue weighted by Crippen LogP contribution is 2.37. The number of cyclic esters (lactones) is 1. The molecule has 1 N–H and O–H groups in total. The molecule has 3 heterocycles. The molecule has 338 valence electrons. The first kappa shape index (κ1) is 48.8.